The summed E-state index contributed by atoms with van der Waals surface area (Å²) in [5.74, 6) is -0.918. The van der Waals surface area contributed by atoms with Gasteiger partial charge in [0.15, 0.2) is 5.60 Å². The first-order valence-electron chi connectivity index (χ1n) is 7.50. The number of unbranched alkanes of at least 4 members (excludes halogenated alkanes) is 2. The maximum absolute atomic E-state index is 11.6. The van der Waals surface area contributed by atoms with E-state index >= 15 is 0 Å². The molecule has 1 atom stereocenters. The van der Waals surface area contributed by atoms with Crippen molar-refractivity contribution in [2.45, 2.75) is 38.2 Å². The molecule has 0 saturated carbocycles. The van der Waals surface area contributed by atoms with Crippen LogP contribution < -0.4 is 0 Å². The average molecular weight is 286 g/mol. The molecule has 1 N–H and O–H groups in total. The van der Waals surface area contributed by atoms with Crippen molar-refractivity contribution in [3.05, 3.63) is 54.1 Å². The van der Waals surface area contributed by atoms with Crippen LogP contribution in [0.25, 0.3) is 5.57 Å². The van der Waals surface area contributed by atoms with Crippen LogP contribution in [0.5, 0.6) is 0 Å². The van der Waals surface area contributed by atoms with E-state index in [9.17, 15) is 9.90 Å². The number of carboxylic acid groups (broad SMARTS) is 1. The summed E-state index contributed by atoms with van der Waals surface area (Å²) >= 11 is 0. The van der Waals surface area contributed by atoms with Crippen molar-refractivity contribution >= 4 is 11.5 Å². The van der Waals surface area contributed by atoms with E-state index < -0.39 is 11.6 Å². The van der Waals surface area contributed by atoms with Crippen LogP contribution in [0.2, 0.25) is 0 Å². The molecule has 0 fully saturated rings. The van der Waals surface area contributed by atoms with E-state index in [1.54, 1.807) is 6.08 Å². The number of allylic oxidation sites excluding steroid dienone is 2. The Morgan fingerprint density at radius 3 is 2.62 bits per heavy atom. The third-order valence-electron chi connectivity index (χ3n) is 3.73. The lowest BCUT2D eigenvalue weighted by molar-refractivity contribution is -0.159. The minimum absolute atomic E-state index is 0.370. The fourth-order valence-corrected chi connectivity index (χ4v) is 2.40. The van der Waals surface area contributed by atoms with E-state index in [1.807, 2.05) is 42.5 Å². The number of rotatable bonds is 7. The number of carbonyl (C=O) groups is 1. The van der Waals surface area contributed by atoms with Gasteiger partial charge in [-0.3, -0.25) is 0 Å². The highest BCUT2D eigenvalue weighted by molar-refractivity contribution is 5.85. The molecule has 3 heteroatoms. The Hall–Kier alpha value is -1.87. The van der Waals surface area contributed by atoms with Gasteiger partial charge in [0.2, 0.25) is 0 Å². The number of hydrogen-bond acceptors (Lipinski definition) is 2. The first-order chi connectivity index (χ1) is 10.2. The molecule has 0 heterocycles. The largest absolute Gasteiger partial charge is 0.479 e. The highest BCUT2D eigenvalue weighted by Crippen LogP contribution is 2.30. The first-order valence-corrected chi connectivity index (χ1v) is 7.50. The fourth-order valence-electron chi connectivity index (χ4n) is 2.40. The smallest absolute Gasteiger partial charge is 0.340 e. The van der Waals surface area contributed by atoms with Crippen LogP contribution in [0.1, 0.15) is 38.2 Å². The van der Waals surface area contributed by atoms with Gasteiger partial charge in [-0.25, -0.2) is 4.79 Å². The molecule has 0 spiro atoms. The van der Waals surface area contributed by atoms with Crippen molar-refractivity contribution in [3.63, 3.8) is 0 Å². The second-order valence-electron chi connectivity index (χ2n) is 5.31. The summed E-state index contributed by atoms with van der Waals surface area (Å²) < 4.78 is 5.69. The molecule has 1 aliphatic rings. The van der Waals surface area contributed by atoms with Gasteiger partial charge in [0.25, 0.3) is 0 Å². The van der Waals surface area contributed by atoms with Crippen LogP contribution in [-0.4, -0.2) is 23.3 Å². The van der Waals surface area contributed by atoms with Crippen molar-refractivity contribution in [1.82, 2.24) is 0 Å². The lowest BCUT2D eigenvalue weighted by atomic mass is 9.89. The summed E-state index contributed by atoms with van der Waals surface area (Å²) in [6, 6.07) is 9.96. The molecular formula is C18H22O3. The standard InChI is InChI=1S/C18H22O3/c1-2-3-7-14-21-18(17(19)20)12-10-16(11-13-18)15-8-5-4-6-9-15/h4-6,8-12H,2-3,7,13-14H2,1H3,(H,19,20). The van der Waals surface area contributed by atoms with E-state index in [1.165, 1.54) is 0 Å². The molecule has 0 aliphatic heterocycles. The van der Waals surface area contributed by atoms with Gasteiger partial charge < -0.3 is 9.84 Å². The van der Waals surface area contributed by atoms with Crippen LogP contribution in [0, 0.1) is 0 Å². The summed E-state index contributed by atoms with van der Waals surface area (Å²) in [6.45, 7) is 2.60. The van der Waals surface area contributed by atoms with E-state index in [0.29, 0.717) is 13.0 Å². The van der Waals surface area contributed by atoms with E-state index in [4.69, 9.17) is 4.74 Å². The van der Waals surface area contributed by atoms with Gasteiger partial charge in [0, 0.05) is 13.0 Å². The summed E-state index contributed by atoms with van der Waals surface area (Å²) in [7, 11) is 0. The number of carboxylic acids is 1. The Morgan fingerprint density at radius 2 is 2.05 bits per heavy atom. The van der Waals surface area contributed by atoms with Crippen LogP contribution >= 0.6 is 0 Å². The van der Waals surface area contributed by atoms with Gasteiger partial charge in [0.1, 0.15) is 0 Å². The number of aliphatic carboxylic acids is 1. The third kappa shape index (κ3) is 3.82. The number of hydrogen-bond donors (Lipinski definition) is 1. The molecule has 0 saturated heterocycles. The van der Waals surface area contributed by atoms with E-state index in [2.05, 4.69) is 6.92 Å². The highest BCUT2D eigenvalue weighted by atomic mass is 16.5. The Morgan fingerprint density at radius 1 is 1.29 bits per heavy atom. The molecule has 0 bridgehead atoms. The summed E-state index contributed by atoms with van der Waals surface area (Å²) in [5.41, 5.74) is 0.940. The molecule has 21 heavy (non-hydrogen) atoms. The Labute approximate surface area is 125 Å². The molecule has 0 radical (unpaired) electrons. The fraction of sp³-hybridized carbons (Fsp3) is 0.389. The molecule has 3 nitrogen and oxygen atoms in total. The third-order valence-corrected chi connectivity index (χ3v) is 3.73. The van der Waals surface area contributed by atoms with Crippen LogP contribution in [-0.2, 0) is 9.53 Å². The second-order valence-corrected chi connectivity index (χ2v) is 5.31. The van der Waals surface area contributed by atoms with Crippen LogP contribution in [0.3, 0.4) is 0 Å². The Kier molecular flexibility index (Phi) is 5.34. The SMILES string of the molecule is CCCCCOC1(C(=O)O)C=CC(c2ccccc2)=CC1. The molecule has 0 aromatic heterocycles. The molecule has 1 aromatic carbocycles. The predicted octanol–water partition coefficient (Wildman–Crippen LogP) is 4.06. The molecule has 2 rings (SSSR count). The Bertz CT molecular complexity index is 531. The van der Waals surface area contributed by atoms with Crippen molar-refractivity contribution < 1.29 is 14.6 Å². The molecule has 1 unspecified atom stereocenters. The highest BCUT2D eigenvalue weighted by Gasteiger charge is 2.37. The number of benzene rings is 1. The van der Waals surface area contributed by atoms with Gasteiger partial charge in [-0.05, 0) is 23.6 Å². The van der Waals surface area contributed by atoms with Gasteiger partial charge in [-0.1, -0.05) is 62.2 Å². The van der Waals surface area contributed by atoms with Crippen molar-refractivity contribution in [1.29, 1.82) is 0 Å². The van der Waals surface area contributed by atoms with Crippen molar-refractivity contribution in [2.75, 3.05) is 6.61 Å². The van der Waals surface area contributed by atoms with Gasteiger partial charge in [-0.2, -0.15) is 0 Å². The zero-order valence-corrected chi connectivity index (χ0v) is 12.4. The van der Waals surface area contributed by atoms with Gasteiger partial charge in [0.05, 0.1) is 0 Å². The lowest BCUT2D eigenvalue weighted by Gasteiger charge is -2.28. The molecule has 1 aliphatic carbocycles. The summed E-state index contributed by atoms with van der Waals surface area (Å²) in [5, 5.41) is 9.50. The first kappa shape index (κ1) is 15.5. The van der Waals surface area contributed by atoms with Crippen LogP contribution in [0.15, 0.2) is 48.6 Å². The molecular weight excluding hydrogens is 264 g/mol. The van der Waals surface area contributed by atoms with E-state index in [0.717, 1.165) is 30.4 Å². The minimum Gasteiger partial charge on any atom is -0.479 e. The topological polar surface area (TPSA) is 46.5 Å². The Balaban J connectivity index is 2.05. The van der Waals surface area contributed by atoms with E-state index in [-0.39, 0.29) is 0 Å². The maximum atomic E-state index is 11.6. The quantitative estimate of drug-likeness (QED) is 0.769. The van der Waals surface area contributed by atoms with Gasteiger partial charge in [-0.15, -0.1) is 0 Å². The second kappa shape index (κ2) is 7.23. The van der Waals surface area contributed by atoms with Crippen molar-refractivity contribution in [3.8, 4) is 0 Å². The monoisotopic (exact) mass is 286 g/mol. The maximum Gasteiger partial charge on any atom is 0.340 e. The zero-order valence-electron chi connectivity index (χ0n) is 12.4. The minimum atomic E-state index is -1.20. The van der Waals surface area contributed by atoms with Gasteiger partial charge >= 0.3 is 5.97 Å². The zero-order chi connectivity index (χ0) is 15.1. The summed E-state index contributed by atoms with van der Waals surface area (Å²) in [4.78, 5) is 11.6. The predicted molar refractivity (Wildman–Crippen MR) is 84.0 cm³/mol. The molecule has 112 valence electrons. The molecule has 0 amide bonds. The average Bonchev–Trinajstić information content (AvgIpc) is 2.53. The van der Waals surface area contributed by atoms with Crippen molar-refractivity contribution in [2.24, 2.45) is 0 Å². The lowest BCUT2D eigenvalue weighted by Crippen LogP contribution is -2.40. The summed E-state index contributed by atoms with van der Waals surface area (Å²) in [6.07, 6.45) is 8.91. The normalized spacial score (nSPS) is 21.1. The molecule has 1 aromatic rings. The van der Waals surface area contributed by atoms with Crippen LogP contribution in [0.4, 0.5) is 0 Å². The number of ether oxygens (including phenoxy) is 1.